The second-order valence-electron chi connectivity index (χ2n) is 19.8. The Balaban J connectivity index is 0.918. The minimum Gasteiger partial charge on any atom is -0.314 e. The van der Waals surface area contributed by atoms with Crippen LogP contribution in [0.4, 0.5) is 37.2 Å². The maximum atomic E-state index is 14.2. The second-order valence-corrected chi connectivity index (χ2v) is 19.8. The summed E-state index contributed by atoms with van der Waals surface area (Å²) in [7, 11) is 0. The molecule has 71 heavy (non-hydrogen) atoms. The van der Waals surface area contributed by atoms with Gasteiger partial charge >= 0.3 is 0 Å². The molecule has 2 heterocycles. The molecule has 0 fully saturated rings. The Labute approximate surface area is 412 Å². The molecular formula is C65H50F2N4. The Bertz CT molecular complexity index is 3930. The largest absolute Gasteiger partial charge is 0.314 e. The van der Waals surface area contributed by atoms with Crippen molar-refractivity contribution in [1.29, 1.82) is 0 Å². The van der Waals surface area contributed by atoms with E-state index in [9.17, 15) is 8.78 Å². The molecule has 11 aromatic rings. The highest BCUT2D eigenvalue weighted by Gasteiger charge is 2.37. The molecule has 2 aliphatic carbocycles. The first-order chi connectivity index (χ1) is 34.6. The average molecular weight is 925 g/mol. The van der Waals surface area contributed by atoms with Crippen molar-refractivity contribution in [3.8, 4) is 22.5 Å². The number of benzene rings is 9. The molecule has 9 aromatic carbocycles. The van der Waals surface area contributed by atoms with Crippen molar-refractivity contribution in [2.75, 3.05) is 9.80 Å². The number of fused-ring (bicyclic) bond motifs is 9. The number of halogens is 2. The summed E-state index contributed by atoms with van der Waals surface area (Å²) in [6, 6.07) is 69.1. The molecule has 4 nitrogen and oxygen atoms in total. The molecule has 0 radical (unpaired) electrons. The van der Waals surface area contributed by atoms with Gasteiger partial charge in [0.25, 0.3) is 0 Å². The van der Waals surface area contributed by atoms with Crippen LogP contribution in [0.2, 0.25) is 0 Å². The van der Waals surface area contributed by atoms with Gasteiger partial charge in [-0.3, -0.25) is 0 Å². The molecule has 0 aliphatic heterocycles. The minimum absolute atomic E-state index is 0.236. The van der Waals surface area contributed by atoms with E-state index in [1.54, 1.807) is 12.1 Å². The van der Waals surface area contributed by atoms with E-state index in [4.69, 9.17) is 0 Å². The van der Waals surface area contributed by atoms with Gasteiger partial charge in [-0.25, -0.2) is 8.78 Å². The van der Waals surface area contributed by atoms with Crippen molar-refractivity contribution in [2.45, 2.75) is 46.0 Å². The number of hydrogen-bond acceptors (Lipinski definition) is 2. The van der Waals surface area contributed by atoms with Crippen LogP contribution in [0.3, 0.4) is 0 Å². The molecule has 0 atom stereocenters. The first-order valence-electron chi connectivity index (χ1n) is 24.5. The van der Waals surface area contributed by atoms with Crippen LogP contribution >= 0.6 is 0 Å². The molecule has 0 saturated heterocycles. The fourth-order valence-corrected chi connectivity index (χ4v) is 11.5. The van der Waals surface area contributed by atoms with Gasteiger partial charge in [0.05, 0.1) is 16.6 Å². The summed E-state index contributed by atoms with van der Waals surface area (Å²) in [5, 5.41) is 3.45. The molecule has 0 N–H and O–H groups in total. The van der Waals surface area contributed by atoms with E-state index >= 15 is 0 Å². The summed E-state index contributed by atoms with van der Waals surface area (Å²) >= 11 is 0. The predicted octanol–water partition coefficient (Wildman–Crippen LogP) is 17.5. The third kappa shape index (κ3) is 6.92. The van der Waals surface area contributed by atoms with Crippen molar-refractivity contribution in [1.82, 2.24) is 9.13 Å². The van der Waals surface area contributed by atoms with Gasteiger partial charge in [-0.1, -0.05) is 97.8 Å². The first kappa shape index (κ1) is 42.6. The normalized spacial score (nSPS) is 13.6. The summed E-state index contributed by atoms with van der Waals surface area (Å²) < 4.78 is 32.9. The Morgan fingerprint density at radius 3 is 1.49 bits per heavy atom. The van der Waals surface area contributed by atoms with Crippen molar-refractivity contribution in [2.24, 2.45) is 0 Å². The molecule has 6 heteroatoms. The van der Waals surface area contributed by atoms with Crippen LogP contribution in [-0.2, 0) is 11.8 Å². The van der Waals surface area contributed by atoms with Crippen molar-refractivity contribution in [3.63, 3.8) is 0 Å². The maximum Gasteiger partial charge on any atom is 0.123 e. The number of hydrogen-bond donors (Lipinski definition) is 0. The van der Waals surface area contributed by atoms with Gasteiger partial charge in [0.2, 0.25) is 0 Å². The van der Waals surface area contributed by atoms with E-state index in [0.29, 0.717) is 0 Å². The molecule has 13 rings (SSSR count). The Kier molecular flexibility index (Phi) is 9.79. The van der Waals surface area contributed by atoms with Crippen LogP contribution in [-0.4, -0.2) is 9.13 Å². The highest BCUT2D eigenvalue weighted by atomic mass is 19.1. The SMILES string of the molecule is Cc1ccc(N(C2=Cc3c(n(-c4ccc(F)cc4)c4ccccc34)CC2)c2ccc3c(c2)C(C)(C)c2cc(N(c4ccc(C)cc4)c4ccc5c(c4)c4ccccc4n5-c4ccc(F)cc4)ccc2-3)cc1. The van der Waals surface area contributed by atoms with Crippen LogP contribution in [0.15, 0.2) is 206 Å². The number of rotatable bonds is 8. The van der Waals surface area contributed by atoms with Crippen molar-refractivity contribution < 1.29 is 8.78 Å². The van der Waals surface area contributed by atoms with Gasteiger partial charge in [-0.2, -0.15) is 0 Å². The molecule has 344 valence electrons. The van der Waals surface area contributed by atoms with Crippen LogP contribution in [0.1, 0.15) is 53.8 Å². The highest BCUT2D eigenvalue weighted by Crippen LogP contribution is 2.53. The van der Waals surface area contributed by atoms with E-state index < -0.39 is 0 Å². The number of aromatic nitrogens is 2. The topological polar surface area (TPSA) is 16.3 Å². The number of allylic oxidation sites excluding steroid dienone is 1. The molecule has 0 saturated carbocycles. The number of aryl methyl sites for hydroxylation is 2. The maximum absolute atomic E-state index is 14.2. The molecule has 2 aromatic heterocycles. The molecule has 0 amide bonds. The number of para-hydroxylation sites is 2. The Morgan fingerprint density at radius 1 is 0.423 bits per heavy atom. The smallest absolute Gasteiger partial charge is 0.123 e. The molecule has 0 unspecified atom stereocenters. The highest BCUT2D eigenvalue weighted by molar-refractivity contribution is 6.11. The fraction of sp³-hybridized carbons (Fsp3) is 0.108. The summed E-state index contributed by atoms with van der Waals surface area (Å²) in [5.41, 5.74) is 21.5. The lowest BCUT2D eigenvalue weighted by atomic mass is 9.82. The van der Waals surface area contributed by atoms with Crippen molar-refractivity contribution >= 4 is 67.2 Å². The van der Waals surface area contributed by atoms with Gasteiger partial charge in [0, 0.05) is 78.3 Å². The van der Waals surface area contributed by atoms with Crippen molar-refractivity contribution in [3.05, 3.63) is 251 Å². The summed E-state index contributed by atoms with van der Waals surface area (Å²) in [5.74, 6) is -0.488. The molecule has 0 bridgehead atoms. The average Bonchev–Trinajstić information content (AvgIpc) is 3.98. The lowest BCUT2D eigenvalue weighted by Gasteiger charge is -2.32. The first-order valence-corrected chi connectivity index (χ1v) is 24.5. The molecule has 0 spiro atoms. The lowest BCUT2D eigenvalue weighted by molar-refractivity contribution is 0.627. The predicted molar refractivity (Wildman–Crippen MR) is 291 cm³/mol. The van der Waals surface area contributed by atoms with Crippen LogP contribution < -0.4 is 9.80 Å². The zero-order valence-corrected chi connectivity index (χ0v) is 40.1. The van der Waals surface area contributed by atoms with E-state index in [2.05, 4.69) is 204 Å². The van der Waals surface area contributed by atoms with Gasteiger partial charge in [-0.15, -0.1) is 0 Å². The number of nitrogens with zero attached hydrogens (tertiary/aromatic N) is 4. The van der Waals surface area contributed by atoms with Gasteiger partial charge in [0.15, 0.2) is 0 Å². The van der Waals surface area contributed by atoms with E-state index in [-0.39, 0.29) is 17.0 Å². The monoisotopic (exact) mass is 924 g/mol. The van der Waals surface area contributed by atoms with E-state index in [0.717, 1.165) is 80.0 Å². The zero-order valence-electron chi connectivity index (χ0n) is 40.1. The Morgan fingerprint density at radius 2 is 0.887 bits per heavy atom. The minimum atomic E-state index is -0.322. The Hall–Kier alpha value is -8.48. The summed E-state index contributed by atoms with van der Waals surface area (Å²) in [6.45, 7) is 9.00. The van der Waals surface area contributed by atoms with Crippen LogP contribution in [0, 0.1) is 25.5 Å². The molecule has 2 aliphatic rings. The number of anilines is 5. The van der Waals surface area contributed by atoms with Crippen LogP contribution in [0.25, 0.3) is 61.3 Å². The fourth-order valence-electron chi connectivity index (χ4n) is 11.5. The summed E-state index contributed by atoms with van der Waals surface area (Å²) in [6.07, 6.45) is 4.05. The second kappa shape index (κ2) is 16.3. The van der Waals surface area contributed by atoms with Crippen LogP contribution in [0.5, 0.6) is 0 Å². The van der Waals surface area contributed by atoms with Gasteiger partial charge in [0.1, 0.15) is 11.6 Å². The zero-order chi connectivity index (χ0) is 48.1. The summed E-state index contributed by atoms with van der Waals surface area (Å²) in [4.78, 5) is 4.84. The standard InChI is InChI=1S/C65H50F2N4/c1-41-13-21-45(22-14-41)68(49-31-35-63-57(37-49)55-9-5-7-11-61(55)70(63)47-25-17-43(66)18-26-47)51-29-33-53-54-34-30-52(40-60(54)65(3,4)59(53)39-51)69(46-23-15-42(2)16-24-46)50-32-36-64-58(38-50)56-10-6-8-12-62(56)71(64)48-27-19-44(67)20-28-48/h5-31,33-35,37-40H,32,36H2,1-4H3. The van der Waals surface area contributed by atoms with E-state index in [1.165, 1.54) is 67.9 Å². The molecular weight excluding hydrogens is 875 g/mol. The third-order valence-electron chi connectivity index (χ3n) is 15.1. The van der Waals surface area contributed by atoms with Gasteiger partial charge < -0.3 is 18.9 Å². The third-order valence-corrected chi connectivity index (χ3v) is 15.1. The van der Waals surface area contributed by atoms with Gasteiger partial charge in [-0.05, 0) is 182 Å². The lowest BCUT2D eigenvalue weighted by Crippen LogP contribution is -2.21. The van der Waals surface area contributed by atoms with E-state index in [1.807, 2.05) is 24.3 Å². The quantitative estimate of drug-likeness (QED) is 0.151.